The van der Waals surface area contributed by atoms with Gasteiger partial charge >= 0.3 is 0 Å². The van der Waals surface area contributed by atoms with Gasteiger partial charge in [0.25, 0.3) is 5.91 Å². The summed E-state index contributed by atoms with van der Waals surface area (Å²) in [6.07, 6.45) is 3.14. The van der Waals surface area contributed by atoms with Crippen molar-refractivity contribution >= 4 is 46.7 Å². The lowest BCUT2D eigenvalue weighted by Crippen LogP contribution is -2.59. The second kappa shape index (κ2) is 14.9. The van der Waals surface area contributed by atoms with Crippen molar-refractivity contribution in [2.45, 2.75) is 95.9 Å². The molecule has 0 radical (unpaired) electrons. The Balaban J connectivity index is 1.27. The Morgan fingerprint density at radius 1 is 1.06 bits per heavy atom. The summed E-state index contributed by atoms with van der Waals surface area (Å²) >= 11 is 6.33. The van der Waals surface area contributed by atoms with E-state index >= 15 is 0 Å². The normalized spacial score (nSPS) is 24.7. The van der Waals surface area contributed by atoms with E-state index in [1.54, 1.807) is 32.2 Å². The zero-order chi connectivity index (χ0) is 37.4. The Hall–Kier alpha value is -4.45. The third-order valence-electron chi connectivity index (χ3n) is 10.5. The summed E-state index contributed by atoms with van der Waals surface area (Å²) in [7, 11) is 1.54. The predicted octanol–water partition coefficient (Wildman–Crippen LogP) is 4.14. The highest BCUT2D eigenvalue weighted by atomic mass is 35.5. The lowest BCUT2D eigenvalue weighted by atomic mass is 9.85. The number of ketones is 1. The Morgan fingerprint density at radius 3 is 2.44 bits per heavy atom. The number of likely N-dealkylation sites (N-methyl/N-ethyl adjacent to an activating group) is 1. The van der Waals surface area contributed by atoms with Gasteiger partial charge in [-0.05, 0) is 60.8 Å². The highest BCUT2D eigenvalue weighted by Crippen LogP contribution is 2.48. The van der Waals surface area contributed by atoms with Crippen LogP contribution in [0, 0.1) is 17.3 Å². The van der Waals surface area contributed by atoms with Gasteiger partial charge in [0.2, 0.25) is 23.5 Å². The van der Waals surface area contributed by atoms with E-state index in [2.05, 4.69) is 21.1 Å². The average molecular weight is 734 g/mol. The number of oxime groups is 1. The number of halogens is 1. The molecule has 4 amide bonds. The topological polar surface area (TPSA) is 156 Å². The van der Waals surface area contributed by atoms with Crippen LogP contribution in [-0.2, 0) is 28.8 Å². The Morgan fingerprint density at radius 2 is 1.79 bits per heavy atom. The van der Waals surface area contributed by atoms with E-state index in [4.69, 9.17) is 21.2 Å². The number of methoxy groups -OCH3 is 1. The second-order valence-electron chi connectivity index (χ2n) is 15.7. The first kappa shape index (κ1) is 37.3. The van der Waals surface area contributed by atoms with Crippen LogP contribution < -0.4 is 20.7 Å². The van der Waals surface area contributed by atoms with Gasteiger partial charge in [-0.15, -0.1) is 0 Å². The van der Waals surface area contributed by atoms with Gasteiger partial charge in [-0.3, -0.25) is 24.0 Å². The summed E-state index contributed by atoms with van der Waals surface area (Å²) in [6, 6.07) is 11.9. The molecule has 52 heavy (non-hydrogen) atoms. The number of hydrogen-bond donors (Lipinski definition) is 3. The summed E-state index contributed by atoms with van der Waals surface area (Å²) in [6.45, 7) is 7.59. The minimum absolute atomic E-state index is 0.00409. The minimum Gasteiger partial charge on any atom is -0.496 e. The van der Waals surface area contributed by atoms with Crippen molar-refractivity contribution in [1.29, 1.82) is 0 Å². The number of likely N-dealkylation sites (tertiary alicyclic amines) is 1. The van der Waals surface area contributed by atoms with Gasteiger partial charge in [0, 0.05) is 35.9 Å². The van der Waals surface area contributed by atoms with E-state index in [-0.39, 0.29) is 49.6 Å². The fraction of sp³-hybridized carbons (Fsp3) is 0.538. The number of amides is 4. The van der Waals surface area contributed by atoms with Crippen molar-refractivity contribution in [3.05, 3.63) is 64.7 Å². The molecule has 2 aliphatic carbocycles. The molecule has 3 fully saturated rings. The molecule has 0 aromatic heterocycles. The Kier molecular flexibility index (Phi) is 10.7. The number of hydrogen-bond acceptors (Lipinski definition) is 8. The maximum Gasteiger partial charge on any atom is 0.289 e. The molecular weight excluding hydrogens is 686 g/mol. The van der Waals surface area contributed by atoms with Gasteiger partial charge in [-0.25, -0.2) is 0 Å². The molecule has 2 aliphatic heterocycles. The maximum atomic E-state index is 14.7. The van der Waals surface area contributed by atoms with Crippen LogP contribution >= 0.6 is 11.6 Å². The van der Waals surface area contributed by atoms with E-state index in [1.165, 1.54) is 4.90 Å². The lowest BCUT2D eigenvalue weighted by molar-refractivity contribution is -0.145. The summed E-state index contributed by atoms with van der Waals surface area (Å²) in [4.78, 5) is 76.1. The average Bonchev–Trinajstić information content (AvgIpc) is 4.04. The number of benzene rings is 2. The first-order valence-electron chi connectivity index (χ1n) is 18.1. The zero-order valence-electron chi connectivity index (χ0n) is 30.4. The number of carbonyl (C=O) groups excluding carboxylic acids is 5. The molecule has 1 spiro atoms. The number of Topliss-reactive ketones (excluding diaryl/α,β-unsaturated/α-hetero) is 1. The fourth-order valence-electron chi connectivity index (χ4n) is 7.39. The number of carbonyl (C=O) groups is 5. The van der Waals surface area contributed by atoms with Gasteiger partial charge < -0.3 is 30.4 Å². The van der Waals surface area contributed by atoms with Crippen LogP contribution in [0.5, 0.6) is 5.75 Å². The van der Waals surface area contributed by atoms with Gasteiger partial charge in [0.15, 0.2) is 5.60 Å². The molecule has 12 nitrogen and oxygen atoms in total. The van der Waals surface area contributed by atoms with Gasteiger partial charge in [0.05, 0.1) is 25.4 Å². The number of ether oxygens (including phenoxy) is 1. The minimum atomic E-state index is -1.09. The molecule has 6 atom stereocenters. The van der Waals surface area contributed by atoms with E-state index < -0.39 is 52.6 Å². The summed E-state index contributed by atoms with van der Waals surface area (Å²) < 4.78 is 5.56. The lowest BCUT2D eigenvalue weighted by Gasteiger charge is -2.35. The zero-order valence-corrected chi connectivity index (χ0v) is 31.1. The molecular formula is C39H48ClN5O7. The van der Waals surface area contributed by atoms with Crippen molar-refractivity contribution in [3.8, 4) is 5.75 Å². The van der Waals surface area contributed by atoms with Crippen LogP contribution in [0.3, 0.4) is 0 Å². The molecule has 6 rings (SSSR count). The third-order valence-corrected chi connectivity index (χ3v) is 10.7. The monoisotopic (exact) mass is 733 g/mol. The molecule has 3 N–H and O–H groups in total. The number of rotatable bonds is 13. The maximum absolute atomic E-state index is 14.7. The van der Waals surface area contributed by atoms with E-state index in [1.807, 2.05) is 51.1 Å². The highest BCUT2D eigenvalue weighted by molar-refractivity contribution is 6.38. The summed E-state index contributed by atoms with van der Waals surface area (Å²) in [5.74, 6) is -2.15. The van der Waals surface area contributed by atoms with Crippen LogP contribution in [0.4, 0.5) is 0 Å². The number of nitrogens with zero attached hydrogens (tertiary/aromatic N) is 2. The fourth-order valence-corrected chi connectivity index (χ4v) is 7.56. The largest absolute Gasteiger partial charge is 0.496 e. The summed E-state index contributed by atoms with van der Waals surface area (Å²) in [5.41, 5.74) is 0.444. The van der Waals surface area contributed by atoms with Gasteiger partial charge in [-0.1, -0.05) is 80.7 Å². The first-order chi connectivity index (χ1) is 24.7. The molecule has 0 unspecified atom stereocenters. The van der Waals surface area contributed by atoms with Crippen molar-refractivity contribution in [1.82, 2.24) is 20.9 Å². The summed E-state index contributed by atoms with van der Waals surface area (Å²) in [5, 5.41) is 13.3. The van der Waals surface area contributed by atoms with Crippen LogP contribution in [0.15, 0.2) is 53.7 Å². The van der Waals surface area contributed by atoms with Crippen molar-refractivity contribution < 1.29 is 33.5 Å². The molecule has 2 saturated carbocycles. The Bertz CT molecular complexity index is 1760. The quantitative estimate of drug-likeness (QED) is 0.262. The first-order valence-corrected chi connectivity index (χ1v) is 18.5. The van der Waals surface area contributed by atoms with Crippen molar-refractivity contribution in [2.24, 2.45) is 22.4 Å². The highest BCUT2D eigenvalue weighted by Gasteiger charge is 2.56. The van der Waals surface area contributed by atoms with Crippen LogP contribution in [0.25, 0.3) is 0 Å². The van der Waals surface area contributed by atoms with Crippen molar-refractivity contribution in [3.63, 3.8) is 0 Å². The molecule has 278 valence electrons. The van der Waals surface area contributed by atoms with Crippen LogP contribution in [-0.4, -0.2) is 83.9 Å². The van der Waals surface area contributed by atoms with E-state index in [9.17, 15) is 24.0 Å². The SMILES string of the molecule is CCNC(=O)C(=O)[C@H](CC1CC1)NC(=O)[C@@H]1C[C@]2(CC(c3cc(Cl)ccc3OC)=NO2)CN1C(=O)[C@@H](NC(=O)[C@@H]1C[C@H]1c1ccccc1)C(C)(C)C. The molecule has 1 saturated heterocycles. The Labute approximate surface area is 309 Å². The van der Waals surface area contributed by atoms with E-state index in [0.29, 0.717) is 34.9 Å². The van der Waals surface area contributed by atoms with Crippen LogP contribution in [0.1, 0.15) is 83.3 Å². The smallest absolute Gasteiger partial charge is 0.289 e. The van der Waals surface area contributed by atoms with Gasteiger partial charge in [0.1, 0.15) is 17.8 Å². The molecule has 2 aromatic rings. The molecule has 2 heterocycles. The number of nitrogens with one attached hydrogen (secondary N) is 3. The molecule has 2 aromatic carbocycles. The van der Waals surface area contributed by atoms with Gasteiger partial charge in [-0.2, -0.15) is 0 Å². The molecule has 4 aliphatic rings. The van der Waals surface area contributed by atoms with Crippen LogP contribution in [0.2, 0.25) is 5.02 Å². The predicted molar refractivity (Wildman–Crippen MR) is 195 cm³/mol. The molecule has 0 bridgehead atoms. The standard InChI is InChI=1S/C39H48ClN5O7/c1-6-41-36(49)32(46)28(16-22-12-13-22)42-35(48)30-20-39(19-29(44-52-39)27-17-24(40)14-15-31(27)51-5)21-45(30)37(50)33(38(2,3)4)43-34(47)26-18-25(26)23-10-8-7-9-11-23/h7-11,14-15,17,22,25-26,28,30,33H,6,12-13,16,18-21H2,1-5H3,(H,41,49)(H,42,48)(H,43,47)/t25-,26+,28-,30-,33+,39+/m0/s1. The second-order valence-corrected chi connectivity index (χ2v) is 16.1. The van der Waals surface area contributed by atoms with E-state index in [0.717, 1.165) is 18.4 Å². The molecule has 13 heteroatoms. The van der Waals surface area contributed by atoms with Crippen molar-refractivity contribution in [2.75, 3.05) is 20.2 Å². The third kappa shape index (κ3) is 8.11.